The van der Waals surface area contributed by atoms with Gasteiger partial charge in [0.15, 0.2) is 0 Å². The van der Waals surface area contributed by atoms with Crippen molar-refractivity contribution in [3.63, 3.8) is 0 Å². The Balaban J connectivity index is 2.50. The van der Waals surface area contributed by atoms with Crippen LogP contribution < -0.4 is 0 Å². The molecular weight excluding hydrogens is 204 g/mol. The van der Waals surface area contributed by atoms with E-state index in [0.29, 0.717) is 13.2 Å². The zero-order valence-electron chi connectivity index (χ0n) is 8.09. The van der Waals surface area contributed by atoms with Crippen molar-refractivity contribution in [3.8, 4) is 0 Å². The van der Waals surface area contributed by atoms with E-state index in [1.165, 1.54) is 4.90 Å². The summed E-state index contributed by atoms with van der Waals surface area (Å²) in [5.74, 6) is -1.46. The predicted molar refractivity (Wildman–Crippen MR) is 49.2 cm³/mol. The molecule has 0 aromatic heterocycles. The van der Waals surface area contributed by atoms with E-state index >= 15 is 0 Å². The van der Waals surface area contributed by atoms with Gasteiger partial charge in [-0.15, -0.1) is 0 Å². The molecule has 7 nitrogen and oxygen atoms in total. The summed E-state index contributed by atoms with van der Waals surface area (Å²) in [5, 5.41) is 11.2. The molecule has 0 aromatic carbocycles. The van der Waals surface area contributed by atoms with Crippen LogP contribution >= 0.6 is 0 Å². The number of carbonyl (C=O) groups excluding carboxylic acids is 1. The normalized spacial score (nSPS) is 21.5. The van der Waals surface area contributed by atoms with Crippen molar-refractivity contribution in [2.45, 2.75) is 12.5 Å². The van der Waals surface area contributed by atoms with Gasteiger partial charge in [0.05, 0.1) is 19.6 Å². The molecule has 1 fully saturated rings. The summed E-state index contributed by atoms with van der Waals surface area (Å²) >= 11 is 0. The molecule has 1 unspecified atom stereocenters. The Bertz CT molecular complexity index is 268. The van der Waals surface area contributed by atoms with Gasteiger partial charge in [0, 0.05) is 13.1 Å². The third kappa shape index (κ3) is 3.28. The first-order valence-electron chi connectivity index (χ1n) is 4.56. The van der Waals surface area contributed by atoms with E-state index in [2.05, 4.69) is 5.18 Å². The quantitative estimate of drug-likeness (QED) is 0.622. The van der Waals surface area contributed by atoms with Crippen LogP contribution in [0.2, 0.25) is 0 Å². The van der Waals surface area contributed by atoms with E-state index in [0.717, 1.165) is 0 Å². The number of nitrogens with zero attached hydrogens (tertiary/aromatic N) is 2. The van der Waals surface area contributed by atoms with Crippen LogP contribution in [0.4, 0.5) is 0 Å². The molecule has 0 aliphatic carbocycles. The molecule has 15 heavy (non-hydrogen) atoms. The lowest BCUT2D eigenvalue weighted by Gasteiger charge is -2.31. The highest BCUT2D eigenvalue weighted by Crippen LogP contribution is 2.10. The highest BCUT2D eigenvalue weighted by molar-refractivity contribution is 5.85. The molecule has 0 saturated carbocycles. The van der Waals surface area contributed by atoms with E-state index in [4.69, 9.17) is 9.84 Å². The number of carboxylic acids is 1. The van der Waals surface area contributed by atoms with Crippen LogP contribution in [0.5, 0.6) is 0 Å². The minimum atomic E-state index is -1.08. The van der Waals surface area contributed by atoms with Crippen molar-refractivity contribution in [1.29, 1.82) is 0 Å². The summed E-state index contributed by atoms with van der Waals surface area (Å²) < 4.78 is 5.03. The van der Waals surface area contributed by atoms with Gasteiger partial charge >= 0.3 is 5.97 Å². The van der Waals surface area contributed by atoms with Crippen molar-refractivity contribution >= 4 is 11.9 Å². The summed E-state index contributed by atoms with van der Waals surface area (Å²) in [5.41, 5.74) is 0. The maximum atomic E-state index is 11.6. The van der Waals surface area contributed by atoms with Gasteiger partial charge in [-0.3, -0.25) is 9.59 Å². The first-order valence-corrected chi connectivity index (χ1v) is 4.56. The summed E-state index contributed by atoms with van der Waals surface area (Å²) in [6, 6.07) is 0. The largest absolute Gasteiger partial charge is 0.481 e. The highest BCUT2D eigenvalue weighted by Gasteiger charge is 2.30. The fourth-order valence-electron chi connectivity index (χ4n) is 1.38. The number of morpholine rings is 1. The zero-order chi connectivity index (χ0) is 11.3. The lowest BCUT2D eigenvalue weighted by atomic mass is 10.2. The monoisotopic (exact) mass is 216 g/mol. The molecule has 1 atom stereocenters. The number of nitroso groups, excluding NO2 is 1. The molecule has 1 aliphatic heterocycles. The van der Waals surface area contributed by atoms with Gasteiger partial charge in [0.25, 0.3) is 5.91 Å². The third-order valence-corrected chi connectivity index (χ3v) is 2.09. The van der Waals surface area contributed by atoms with Crippen LogP contribution in [0.25, 0.3) is 0 Å². The molecule has 1 saturated heterocycles. The van der Waals surface area contributed by atoms with E-state index in [9.17, 15) is 14.5 Å². The molecule has 0 spiro atoms. The highest BCUT2D eigenvalue weighted by atomic mass is 16.5. The molecule has 7 heteroatoms. The van der Waals surface area contributed by atoms with Gasteiger partial charge < -0.3 is 14.7 Å². The molecule has 1 heterocycles. The molecule has 0 radical (unpaired) electrons. The fraction of sp³-hybridized carbons (Fsp3) is 0.750. The van der Waals surface area contributed by atoms with E-state index in [1.54, 1.807) is 0 Å². The number of rotatable bonds is 5. The van der Waals surface area contributed by atoms with E-state index in [-0.39, 0.29) is 25.4 Å². The molecule has 1 N–H and O–H groups in total. The Morgan fingerprint density at radius 3 is 3.00 bits per heavy atom. The standard InChI is InChI=1S/C8H12N2O5/c11-7(12)5-6-8(13)10(2-1-9-14)3-4-15-6/h6H,1-5H2,(H,11,12). The number of carbonyl (C=O) groups is 2. The first-order chi connectivity index (χ1) is 7.15. The van der Waals surface area contributed by atoms with Crippen LogP contribution in [0.15, 0.2) is 5.18 Å². The number of hydrogen-bond donors (Lipinski definition) is 1. The predicted octanol–water partition coefficient (Wildman–Crippen LogP) is -0.545. The minimum Gasteiger partial charge on any atom is -0.481 e. The maximum absolute atomic E-state index is 11.6. The van der Waals surface area contributed by atoms with E-state index in [1.807, 2.05) is 0 Å². The summed E-state index contributed by atoms with van der Waals surface area (Å²) in [4.78, 5) is 33.3. The molecule has 0 aromatic rings. The van der Waals surface area contributed by atoms with Crippen LogP contribution in [0.3, 0.4) is 0 Å². The Labute approximate surface area is 86.0 Å². The topological polar surface area (TPSA) is 96.3 Å². The van der Waals surface area contributed by atoms with Gasteiger partial charge in [-0.1, -0.05) is 5.18 Å². The second-order valence-electron chi connectivity index (χ2n) is 3.14. The SMILES string of the molecule is O=NCCN1CCOC(CC(=O)O)C1=O. The molecule has 1 aliphatic rings. The number of ether oxygens (including phenoxy) is 1. The Kier molecular flexibility index (Phi) is 4.17. The van der Waals surface area contributed by atoms with Crippen LogP contribution in [-0.4, -0.2) is 54.2 Å². The lowest BCUT2D eigenvalue weighted by molar-refractivity contribution is -0.159. The molecular formula is C8H12N2O5. The number of amides is 1. The average Bonchev–Trinajstić information content (AvgIpc) is 2.19. The second-order valence-corrected chi connectivity index (χ2v) is 3.14. The maximum Gasteiger partial charge on any atom is 0.306 e. The summed E-state index contributed by atoms with van der Waals surface area (Å²) in [6.07, 6.45) is -1.27. The number of hydrogen-bond acceptors (Lipinski definition) is 5. The Hall–Kier alpha value is -1.50. The van der Waals surface area contributed by atoms with Crippen molar-refractivity contribution in [2.75, 3.05) is 26.2 Å². The Morgan fingerprint density at radius 2 is 2.40 bits per heavy atom. The van der Waals surface area contributed by atoms with Crippen molar-refractivity contribution < 1.29 is 19.4 Å². The van der Waals surface area contributed by atoms with Gasteiger partial charge in [0.1, 0.15) is 6.10 Å². The summed E-state index contributed by atoms with van der Waals surface area (Å²) in [7, 11) is 0. The zero-order valence-corrected chi connectivity index (χ0v) is 8.09. The average molecular weight is 216 g/mol. The van der Waals surface area contributed by atoms with Crippen molar-refractivity contribution in [2.24, 2.45) is 5.18 Å². The van der Waals surface area contributed by atoms with Gasteiger partial charge in [0.2, 0.25) is 0 Å². The number of carboxylic acid groups (broad SMARTS) is 1. The molecule has 84 valence electrons. The van der Waals surface area contributed by atoms with Gasteiger partial charge in [-0.25, -0.2) is 0 Å². The smallest absolute Gasteiger partial charge is 0.306 e. The minimum absolute atomic E-state index is 0.0194. The lowest BCUT2D eigenvalue weighted by Crippen LogP contribution is -2.49. The van der Waals surface area contributed by atoms with Gasteiger partial charge in [-0.2, -0.15) is 4.91 Å². The van der Waals surface area contributed by atoms with Crippen molar-refractivity contribution in [3.05, 3.63) is 4.91 Å². The number of aliphatic carboxylic acids is 1. The van der Waals surface area contributed by atoms with E-state index < -0.39 is 12.1 Å². The first kappa shape index (κ1) is 11.6. The molecule has 1 rings (SSSR count). The summed E-state index contributed by atoms with van der Waals surface area (Å²) in [6.45, 7) is 0.917. The third-order valence-electron chi connectivity index (χ3n) is 2.09. The molecule has 1 amide bonds. The van der Waals surface area contributed by atoms with Crippen molar-refractivity contribution in [1.82, 2.24) is 4.90 Å². The Morgan fingerprint density at radius 1 is 1.67 bits per heavy atom. The molecule has 0 bridgehead atoms. The second kappa shape index (κ2) is 5.40. The van der Waals surface area contributed by atoms with Crippen LogP contribution in [-0.2, 0) is 14.3 Å². The van der Waals surface area contributed by atoms with Gasteiger partial charge in [-0.05, 0) is 0 Å². The fourth-order valence-corrected chi connectivity index (χ4v) is 1.38. The van der Waals surface area contributed by atoms with Crippen LogP contribution in [0.1, 0.15) is 6.42 Å². The van der Waals surface area contributed by atoms with Crippen LogP contribution in [0, 0.1) is 4.91 Å².